The number of aliphatic hydroxyl groups is 1. The van der Waals surface area contributed by atoms with E-state index in [4.69, 9.17) is 4.98 Å². The van der Waals surface area contributed by atoms with Gasteiger partial charge < -0.3 is 19.6 Å². The van der Waals surface area contributed by atoms with Gasteiger partial charge in [-0.15, -0.1) is 0 Å². The molecule has 1 fully saturated rings. The quantitative estimate of drug-likeness (QED) is 0.493. The minimum Gasteiger partial charge on any atom is -0.396 e. The van der Waals surface area contributed by atoms with Gasteiger partial charge >= 0.3 is 0 Å². The van der Waals surface area contributed by atoms with E-state index >= 15 is 4.39 Å². The molecule has 2 N–H and O–H groups in total. The van der Waals surface area contributed by atoms with Crippen molar-refractivity contribution in [3.63, 3.8) is 0 Å². The summed E-state index contributed by atoms with van der Waals surface area (Å²) < 4.78 is 17.0. The lowest BCUT2D eigenvalue weighted by Gasteiger charge is -2.31. The van der Waals surface area contributed by atoms with Gasteiger partial charge in [-0.2, -0.15) is 4.98 Å². The molecule has 0 spiro atoms. The molecule has 162 valence electrons. The van der Waals surface area contributed by atoms with Gasteiger partial charge in [0.15, 0.2) is 5.65 Å². The molecule has 1 aliphatic rings. The van der Waals surface area contributed by atoms with E-state index in [-0.39, 0.29) is 12.4 Å². The van der Waals surface area contributed by atoms with Crippen LogP contribution in [0, 0.1) is 11.7 Å². The molecule has 1 aromatic carbocycles. The monoisotopic (exact) mass is 423 g/mol. The van der Waals surface area contributed by atoms with Crippen molar-refractivity contribution < 1.29 is 9.50 Å². The Balaban J connectivity index is 1.56. The number of H-pyrrole nitrogens is 1. The van der Waals surface area contributed by atoms with Crippen LogP contribution >= 0.6 is 0 Å². The second-order valence-corrected chi connectivity index (χ2v) is 8.20. The van der Waals surface area contributed by atoms with Crippen molar-refractivity contribution >= 4 is 28.1 Å². The summed E-state index contributed by atoms with van der Waals surface area (Å²) in [7, 11) is 0. The number of piperidine rings is 1. The third kappa shape index (κ3) is 3.63. The third-order valence-electron chi connectivity index (χ3n) is 6.12. The van der Waals surface area contributed by atoms with Crippen LogP contribution in [0.5, 0.6) is 0 Å². The van der Waals surface area contributed by atoms with Gasteiger partial charge in [0.25, 0.3) is 0 Å². The van der Waals surface area contributed by atoms with Gasteiger partial charge in [0, 0.05) is 31.8 Å². The number of halogens is 1. The van der Waals surface area contributed by atoms with Crippen LogP contribution in [-0.4, -0.2) is 54.3 Å². The molecular formula is C22H26FN7O. The Bertz CT molecular complexity index is 1210. The molecule has 0 saturated carbocycles. The van der Waals surface area contributed by atoms with Crippen LogP contribution in [-0.2, 0) is 6.54 Å². The molecule has 0 atom stereocenters. The number of anilines is 1. The first kappa shape index (κ1) is 19.9. The van der Waals surface area contributed by atoms with E-state index < -0.39 is 0 Å². The maximum Gasteiger partial charge on any atom is 0.228 e. The SMILES string of the molecule is CCCCn1cnc2cc(-c3nc(N4CCC(CO)CC4)nc4nc[nH]c34)cc(F)c21. The van der Waals surface area contributed by atoms with Crippen molar-refractivity contribution in [3.05, 3.63) is 30.6 Å². The summed E-state index contributed by atoms with van der Waals surface area (Å²) in [6.07, 6.45) is 7.09. The number of hydrogen-bond acceptors (Lipinski definition) is 6. The molecule has 1 aliphatic heterocycles. The summed E-state index contributed by atoms with van der Waals surface area (Å²) in [5.41, 5.74) is 3.64. The predicted octanol–water partition coefficient (Wildman–Crippen LogP) is 3.52. The summed E-state index contributed by atoms with van der Waals surface area (Å²) in [5.74, 6) is 0.599. The number of rotatable bonds is 6. The van der Waals surface area contributed by atoms with Crippen LogP contribution in [0.2, 0.25) is 0 Å². The summed E-state index contributed by atoms with van der Waals surface area (Å²) in [6, 6.07) is 3.40. The summed E-state index contributed by atoms with van der Waals surface area (Å²) >= 11 is 0. The van der Waals surface area contributed by atoms with E-state index in [2.05, 4.69) is 31.8 Å². The Morgan fingerprint density at radius 2 is 2.03 bits per heavy atom. The Kier molecular flexibility index (Phi) is 5.27. The fourth-order valence-electron chi connectivity index (χ4n) is 4.28. The molecule has 5 rings (SSSR count). The third-order valence-corrected chi connectivity index (χ3v) is 6.12. The highest BCUT2D eigenvalue weighted by Crippen LogP contribution is 2.31. The first-order chi connectivity index (χ1) is 15.2. The molecule has 31 heavy (non-hydrogen) atoms. The fraction of sp³-hybridized carbons (Fsp3) is 0.455. The first-order valence-corrected chi connectivity index (χ1v) is 10.9. The summed E-state index contributed by atoms with van der Waals surface area (Å²) in [6.45, 7) is 4.62. The van der Waals surface area contributed by atoms with Crippen molar-refractivity contribution in [2.75, 3.05) is 24.6 Å². The van der Waals surface area contributed by atoms with Gasteiger partial charge in [0.2, 0.25) is 5.95 Å². The average Bonchev–Trinajstić information content (AvgIpc) is 3.44. The number of benzene rings is 1. The van der Waals surface area contributed by atoms with Crippen LogP contribution in [0.3, 0.4) is 0 Å². The highest BCUT2D eigenvalue weighted by atomic mass is 19.1. The molecule has 3 aromatic heterocycles. The van der Waals surface area contributed by atoms with E-state index in [1.165, 1.54) is 6.07 Å². The second kappa shape index (κ2) is 8.22. The van der Waals surface area contributed by atoms with E-state index in [0.29, 0.717) is 45.3 Å². The van der Waals surface area contributed by atoms with Crippen LogP contribution in [0.15, 0.2) is 24.8 Å². The topological polar surface area (TPSA) is 95.8 Å². The van der Waals surface area contributed by atoms with Crippen LogP contribution in [0.25, 0.3) is 33.5 Å². The highest BCUT2D eigenvalue weighted by Gasteiger charge is 2.23. The van der Waals surface area contributed by atoms with E-state index in [0.717, 1.165) is 45.3 Å². The number of aliphatic hydroxyl groups excluding tert-OH is 1. The molecule has 0 unspecified atom stereocenters. The maximum atomic E-state index is 15.2. The maximum absolute atomic E-state index is 15.2. The number of nitrogens with one attached hydrogen (secondary N) is 1. The number of aromatic nitrogens is 6. The van der Waals surface area contributed by atoms with Gasteiger partial charge in [-0.1, -0.05) is 13.3 Å². The number of imidazole rings is 2. The minimum atomic E-state index is -0.308. The van der Waals surface area contributed by atoms with Crippen molar-refractivity contribution in [1.82, 2.24) is 29.5 Å². The number of fused-ring (bicyclic) bond motifs is 2. The molecule has 0 amide bonds. The number of aryl methyl sites for hydroxylation is 1. The van der Waals surface area contributed by atoms with E-state index in [1.807, 2.05) is 10.6 Å². The summed E-state index contributed by atoms with van der Waals surface area (Å²) in [5, 5.41) is 9.41. The highest BCUT2D eigenvalue weighted by molar-refractivity contribution is 5.91. The molecule has 0 aliphatic carbocycles. The van der Waals surface area contributed by atoms with Crippen LogP contribution in [0.4, 0.5) is 10.3 Å². The van der Waals surface area contributed by atoms with Crippen molar-refractivity contribution in [2.45, 2.75) is 39.2 Å². The number of nitrogens with zero attached hydrogens (tertiary/aromatic N) is 6. The van der Waals surface area contributed by atoms with Gasteiger partial charge in [0.05, 0.1) is 18.2 Å². The van der Waals surface area contributed by atoms with Gasteiger partial charge in [-0.05, 0) is 37.3 Å². The zero-order valence-electron chi connectivity index (χ0n) is 17.6. The molecule has 8 nitrogen and oxygen atoms in total. The molecular weight excluding hydrogens is 397 g/mol. The predicted molar refractivity (Wildman–Crippen MR) is 117 cm³/mol. The number of aromatic amines is 1. The zero-order valence-corrected chi connectivity index (χ0v) is 17.6. The minimum absolute atomic E-state index is 0.211. The zero-order chi connectivity index (χ0) is 21.4. The number of unbranched alkanes of at least 4 members (excludes halogenated alkanes) is 1. The average molecular weight is 423 g/mol. The first-order valence-electron chi connectivity index (χ1n) is 10.9. The second-order valence-electron chi connectivity index (χ2n) is 8.20. The normalized spacial score (nSPS) is 15.4. The molecule has 4 heterocycles. The van der Waals surface area contributed by atoms with Crippen LogP contribution < -0.4 is 4.90 Å². The lowest BCUT2D eigenvalue weighted by atomic mass is 9.98. The van der Waals surface area contributed by atoms with Gasteiger partial charge in [-0.25, -0.2) is 19.3 Å². The Morgan fingerprint density at radius 1 is 1.19 bits per heavy atom. The van der Waals surface area contributed by atoms with Gasteiger partial charge in [0.1, 0.15) is 22.5 Å². The lowest BCUT2D eigenvalue weighted by molar-refractivity contribution is 0.202. The molecule has 9 heteroatoms. The molecule has 4 aromatic rings. The van der Waals surface area contributed by atoms with Crippen molar-refractivity contribution in [3.8, 4) is 11.3 Å². The molecule has 0 radical (unpaired) electrons. The smallest absolute Gasteiger partial charge is 0.228 e. The van der Waals surface area contributed by atoms with Gasteiger partial charge in [-0.3, -0.25) is 0 Å². The van der Waals surface area contributed by atoms with Crippen molar-refractivity contribution in [2.24, 2.45) is 5.92 Å². The lowest BCUT2D eigenvalue weighted by Crippen LogP contribution is -2.35. The molecule has 0 bridgehead atoms. The van der Waals surface area contributed by atoms with Crippen molar-refractivity contribution in [1.29, 1.82) is 0 Å². The van der Waals surface area contributed by atoms with Crippen LogP contribution in [0.1, 0.15) is 32.6 Å². The standard InChI is InChI=1S/C22H26FN7O/c1-2-3-6-30-13-26-17-10-15(9-16(23)20(17)30)18-19-21(25-12-24-19)28-22(27-18)29-7-4-14(11-31)5-8-29/h9-10,12-14,31H,2-8,11H2,1H3,(H,24,25,27,28). The Morgan fingerprint density at radius 3 is 2.81 bits per heavy atom. The molecule has 1 saturated heterocycles. The fourth-order valence-corrected chi connectivity index (χ4v) is 4.28. The Labute approximate surface area is 179 Å². The van der Waals surface area contributed by atoms with E-state index in [1.54, 1.807) is 12.7 Å². The van der Waals surface area contributed by atoms with E-state index in [9.17, 15) is 5.11 Å². The number of hydrogen-bond donors (Lipinski definition) is 2. The summed E-state index contributed by atoms with van der Waals surface area (Å²) in [4.78, 5) is 23.4. The largest absolute Gasteiger partial charge is 0.396 e. The Hall–Kier alpha value is -3.07.